The highest BCUT2D eigenvalue weighted by atomic mass is 16.1. The van der Waals surface area contributed by atoms with E-state index in [-0.39, 0.29) is 5.78 Å². The second-order valence-electron chi connectivity index (χ2n) is 5.08. The minimum atomic E-state index is 0.105. The molecule has 0 heterocycles. The summed E-state index contributed by atoms with van der Waals surface area (Å²) in [5.74, 6) is 0.105. The van der Waals surface area contributed by atoms with E-state index in [1.807, 2.05) is 36.4 Å². The summed E-state index contributed by atoms with van der Waals surface area (Å²) in [4.78, 5) is 11.9. The fraction of sp³-hybridized carbons (Fsp3) is 0.105. The smallest absolute Gasteiger partial charge is 0.160 e. The Morgan fingerprint density at radius 3 is 2.35 bits per heavy atom. The molecule has 0 aliphatic heterocycles. The van der Waals surface area contributed by atoms with Gasteiger partial charge in [0.1, 0.15) is 0 Å². The summed E-state index contributed by atoms with van der Waals surface area (Å²) in [7, 11) is 0. The van der Waals surface area contributed by atoms with Gasteiger partial charge in [0.25, 0.3) is 0 Å². The van der Waals surface area contributed by atoms with Crippen molar-refractivity contribution in [1.29, 1.82) is 0 Å². The van der Waals surface area contributed by atoms with Crippen LogP contribution in [-0.4, -0.2) is 5.78 Å². The molecule has 0 unspecified atom stereocenters. The summed E-state index contributed by atoms with van der Waals surface area (Å²) < 4.78 is 0. The molecule has 0 radical (unpaired) electrons. The van der Waals surface area contributed by atoms with Crippen LogP contribution in [0.2, 0.25) is 0 Å². The highest BCUT2D eigenvalue weighted by Gasteiger charge is 2.13. The lowest BCUT2D eigenvalue weighted by Gasteiger charge is -2.13. The molecule has 1 heteroatoms. The van der Waals surface area contributed by atoms with E-state index < -0.39 is 0 Å². The molecule has 0 atom stereocenters. The predicted octanol–water partition coefficient (Wildman–Crippen LogP) is 5.02. The van der Waals surface area contributed by atoms with Crippen LogP contribution in [0.25, 0.3) is 21.9 Å². The van der Waals surface area contributed by atoms with E-state index in [9.17, 15) is 4.79 Å². The summed E-state index contributed by atoms with van der Waals surface area (Å²) in [5.41, 5.74) is 4.16. The van der Waals surface area contributed by atoms with Crippen molar-refractivity contribution >= 4 is 16.6 Å². The van der Waals surface area contributed by atoms with Gasteiger partial charge in [0.15, 0.2) is 5.78 Å². The molecular formula is C19H16O. The minimum absolute atomic E-state index is 0.105. The molecular weight excluding hydrogens is 244 g/mol. The van der Waals surface area contributed by atoms with E-state index >= 15 is 0 Å². The summed E-state index contributed by atoms with van der Waals surface area (Å²) in [6.07, 6.45) is 0. The number of rotatable bonds is 2. The van der Waals surface area contributed by atoms with Crippen molar-refractivity contribution in [3.8, 4) is 11.1 Å². The molecule has 0 aliphatic rings. The largest absolute Gasteiger partial charge is 0.294 e. The molecule has 0 aliphatic carbocycles. The number of carbonyl (C=O) groups is 1. The molecule has 3 aromatic rings. The molecule has 0 N–H and O–H groups in total. The molecule has 0 bridgehead atoms. The quantitative estimate of drug-likeness (QED) is 0.591. The van der Waals surface area contributed by atoms with E-state index in [0.717, 1.165) is 16.7 Å². The molecule has 0 fully saturated rings. The number of aryl methyl sites for hydroxylation is 1. The van der Waals surface area contributed by atoms with Crippen LogP contribution >= 0.6 is 0 Å². The topological polar surface area (TPSA) is 17.1 Å². The Bertz CT molecular complexity index is 800. The molecule has 0 saturated carbocycles. The molecule has 20 heavy (non-hydrogen) atoms. The SMILES string of the molecule is CC(=O)c1ccccc1-c1c(C)ccc2ccccc12. The lowest BCUT2D eigenvalue weighted by atomic mass is 9.90. The maximum absolute atomic E-state index is 11.9. The Balaban J connectivity index is 2.41. The van der Waals surface area contributed by atoms with Crippen molar-refractivity contribution in [1.82, 2.24) is 0 Å². The monoisotopic (exact) mass is 260 g/mol. The summed E-state index contributed by atoms with van der Waals surface area (Å²) in [6.45, 7) is 3.72. The van der Waals surface area contributed by atoms with Gasteiger partial charge in [-0.2, -0.15) is 0 Å². The summed E-state index contributed by atoms with van der Waals surface area (Å²) >= 11 is 0. The van der Waals surface area contributed by atoms with Gasteiger partial charge in [-0.15, -0.1) is 0 Å². The Kier molecular flexibility index (Phi) is 3.11. The fourth-order valence-corrected chi connectivity index (χ4v) is 2.75. The highest BCUT2D eigenvalue weighted by Crippen LogP contribution is 2.34. The van der Waals surface area contributed by atoms with E-state index in [4.69, 9.17) is 0 Å². The second kappa shape index (κ2) is 4.93. The number of carbonyl (C=O) groups excluding carboxylic acids is 1. The summed E-state index contributed by atoms with van der Waals surface area (Å²) in [5, 5.41) is 2.40. The Hall–Kier alpha value is -2.41. The van der Waals surface area contributed by atoms with Crippen LogP contribution in [-0.2, 0) is 0 Å². The molecule has 98 valence electrons. The number of hydrogen-bond donors (Lipinski definition) is 0. The standard InChI is InChI=1S/C19H16O/c1-13-11-12-15-7-3-4-9-17(15)19(13)18-10-6-5-8-16(18)14(2)20/h3-12H,1-2H3. The molecule has 0 aromatic heterocycles. The van der Waals surface area contributed by atoms with Gasteiger partial charge < -0.3 is 0 Å². The van der Waals surface area contributed by atoms with Crippen molar-refractivity contribution in [3.05, 3.63) is 71.8 Å². The van der Waals surface area contributed by atoms with Crippen molar-refractivity contribution < 1.29 is 4.79 Å². The Morgan fingerprint density at radius 2 is 1.55 bits per heavy atom. The maximum Gasteiger partial charge on any atom is 0.160 e. The van der Waals surface area contributed by atoms with Crippen molar-refractivity contribution in [2.24, 2.45) is 0 Å². The van der Waals surface area contributed by atoms with Crippen LogP contribution in [0, 0.1) is 6.92 Å². The van der Waals surface area contributed by atoms with Crippen LogP contribution in [0.15, 0.2) is 60.7 Å². The van der Waals surface area contributed by atoms with Crippen molar-refractivity contribution in [3.63, 3.8) is 0 Å². The van der Waals surface area contributed by atoms with Crippen LogP contribution in [0.1, 0.15) is 22.8 Å². The lowest BCUT2D eigenvalue weighted by molar-refractivity contribution is 0.101. The van der Waals surface area contributed by atoms with Crippen LogP contribution in [0.4, 0.5) is 0 Å². The maximum atomic E-state index is 11.9. The third-order valence-electron chi connectivity index (χ3n) is 3.71. The van der Waals surface area contributed by atoms with Gasteiger partial charge in [-0.05, 0) is 41.3 Å². The Labute approximate surface area is 118 Å². The van der Waals surface area contributed by atoms with Crippen molar-refractivity contribution in [2.45, 2.75) is 13.8 Å². The summed E-state index contributed by atoms with van der Waals surface area (Å²) in [6, 6.07) is 20.4. The van der Waals surface area contributed by atoms with E-state index in [1.165, 1.54) is 16.3 Å². The zero-order valence-corrected chi connectivity index (χ0v) is 11.7. The van der Waals surface area contributed by atoms with Gasteiger partial charge >= 0.3 is 0 Å². The van der Waals surface area contributed by atoms with Crippen LogP contribution < -0.4 is 0 Å². The van der Waals surface area contributed by atoms with Gasteiger partial charge in [0.05, 0.1) is 0 Å². The van der Waals surface area contributed by atoms with Gasteiger partial charge in [-0.3, -0.25) is 4.79 Å². The molecule has 1 nitrogen and oxygen atoms in total. The van der Waals surface area contributed by atoms with E-state index in [1.54, 1.807) is 6.92 Å². The van der Waals surface area contributed by atoms with E-state index in [2.05, 4.69) is 31.2 Å². The first-order valence-electron chi connectivity index (χ1n) is 6.77. The number of Topliss-reactive ketones (excluding diaryl/α,β-unsaturated/α-hetero) is 1. The van der Waals surface area contributed by atoms with Gasteiger partial charge in [-0.25, -0.2) is 0 Å². The first kappa shape index (κ1) is 12.6. The van der Waals surface area contributed by atoms with E-state index in [0.29, 0.717) is 0 Å². The molecule has 0 amide bonds. The highest BCUT2D eigenvalue weighted by molar-refractivity contribution is 6.06. The molecule has 0 saturated heterocycles. The average molecular weight is 260 g/mol. The first-order chi connectivity index (χ1) is 9.68. The van der Waals surface area contributed by atoms with Crippen LogP contribution in [0.5, 0.6) is 0 Å². The average Bonchev–Trinajstić information content (AvgIpc) is 2.47. The number of hydrogen-bond acceptors (Lipinski definition) is 1. The molecule has 3 rings (SSSR count). The zero-order chi connectivity index (χ0) is 14.1. The minimum Gasteiger partial charge on any atom is -0.294 e. The van der Waals surface area contributed by atoms with Gasteiger partial charge in [-0.1, -0.05) is 60.7 Å². The first-order valence-corrected chi connectivity index (χ1v) is 6.77. The van der Waals surface area contributed by atoms with Gasteiger partial charge in [0, 0.05) is 5.56 Å². The van der Waals surface area contributed by atoms with Gasteiger partial charge in [0.2, 0.25) is 0 Å². The normalized spacial score (nSPS) is 10.7. The second-order valence-corrected chi connectivity index (χ2v) is 5.08. The van der Waals surface area contributed by atoms with Crippen LogP contribution in [0.3, 0.4) is 0 Å². The lowest BCUT2D eigenvalue weighted by Crippen LogP contribution is -1.97. The third-order valence-corrected chi connectivity index (χ3v) is 3.71. The number of benzene rings is 3. The Morgan fingerprint density at radius 1 is 0.850 bits per heavy atom. The molecule has 3 aromatic carbocycles. The third kappa shape index (κ3) is 2.01. The predicted molar refractivity (Wildman–Crippen MR) is 84.1 cm³/mol. The molecule has 0 spiro atoms. The number of ketones is 1. The number of fused-ring (bicyclic) bond motifs is 1. The fourth-order valence-electron chi connectivity index (χ4n) is 2.75. The van der Waals surface area contributed by atoms with Crippen molar-refractivity contribution in [2.75, 3.05) is 0 Å². The zero-order valence-electron chi connectivity index (χ0n) is 11.7.